The molecule has 0 bridgehead atoms. The summed E-state index contributed by atoms with van der Waals surface area (Å²) in [6.07, 6.45) is 6.12. The molecule has 1 aliphatic heterocycles. The summed E-state index contributed by atoms with van der Waals surface area (Å²) in [6.45, 7) is 7.24. The van der Waals surface area contributed by atoms with Crippen LogP contribution in [0.15, 0.2) is 35.5 Å². The quantitative estimate of drug-likeness (QED) is 0.220. The summed E-state index contributed by atoms with van der Waals surface area (Å²) in [5.74, 6) is 0.998. The normalized spacial score (nSPS) is 13.0. The molecular formula is C22H32IN5OS. The van der Waals surface area contributed by atoms with Crippen LogP contribution < -0.4 is 15.5 Å². The van der Waals surface area contributed by atoms with Crippen LogP contribution in [0.5, 0.6) is 0 Å². The number of carbonyl (C=O) groups is 1. The molecule has 30 heavy (non-hydrogen) atoms. The smallest absolute Gasteiger partial charge is 0.227 e. The highest BCUT2D eigenvalue weighted by Gasteiger charge is 2.23. The zero-order chi connectivity index (χ0) is 20.5. The van der Waals surface area contributed by atoms with E-state index in [1.54, 1.807) is 11.3 Å². The first-order valence-corrected chi connectivity index (χ1v) is 11.4. The van der Waals surface area contributed by atoms with Crippen molar-refractivity contribution in [1.82, 2.24) is 15.6 Å². The van der Waals surface area contributed by atoms with Crippen LogP contribution in [-0.4, -0.2) is 43.0 Å². The minimum atomic E-state index is 0. The minimum Gasteiger partial charge on any atom is -0.357 e. The number of guanidine groups is 1. The zero-order valence-corrected chi connectivity index (χ0v) is 21.0. The third kappa shape index (κ3) is 6.94. The van der Waals surface area contributed by atoms with Crippen molar-refractivity contribution in [2.24, 2.45) is 4.99 Å². The van der Waals surface area contributed by atoms with Gasteiger partial charge in [0.2, 0.25) is 5.91 Å². The van der Waals surface area contributed by atoms with Gasteiger partial charge in [0.15, 0.2) is 5.96 Å². The molecule has 6 nitrogen and oxygen atoms in total. The predicted octanol–water partition coefficient (Wildman–Crippen LogP) is 3.79. The molecule has 1 aromatic carbocycles. The number of benzene rings is 1. The Morgan fingerprint density at radius 2 is 2.10 bits per heavy atom. The van der Waals surface area contributed by atoms with Crippen molar-refractivity contribution in [1.29, 1.82) is 0 Å². The van der Waals surface area contributed by atoms with Crippen LogP contribution in [0.1, 0.15) is 42.1 Å². The van der Waals surface area contributed by atoms with Gasteiger partial charge in [-0.25, -0.2) is 4.98 Å². The Balaban J connectivity index is 0.00000320. The van der Waals surface area contributed by atoms with E-state index in [0.29, 0.717) is 13.0 Å². The first-order chi connectivity index (χ1) is 14.2. The van der Waals surface area contributed by atoms with E-state index < -0.39 is 0 Å². The van der Waals surface area contributed by atoms with Gasteiger partial charge in [-0.3, -0.25) is 9.79 Å². The molecule has 2 heterocycles. The number of aromatic nitrogens is 1. The zero-order valence-electron chi connectivity index (χ0n) is 17.8. The molecular weight excluding hydrogens is 509 g/mol. The number of hydrogen-bond acceptors (Lipinski definition) is 4. The lowest BCUT2D eigenvalue weighted by atomic mass is 10.2. The molecule has 3 rings (SSSR count). The summed E-state index contributed by atoms with van der Waals surface area (Å²) in [5, 5.41) is 7.79. The van der Waals surface area contributed by atoms with Crippen LogP contribution in [0, 0.1) is 0 Å². The Labute approximate surface area is 200 Å². The molecule has 0 saturated heterocycles. The summed E-state index contributed by atoms with van der Waals surface area (Å²) in [7, 11) is 0. The van der Waals surface area contributed by atoms with Crippen molar-refractivity contribution in [2.45, 2.75) is 46.0 Å². The fraction of sp³-hybridized carbons (Fsp3) is 0.500. The second-order valence-corrected chi connectivity index (χ2v) is 8.24. The molecule has 164 valence electrons. The van der Waals surface area contributed by atoms with E-state index in [1.165, 1.54) is 10.4 Å². The molecule has 0 radical (unpaired) electrons. The van der Waals surface area contributed by atoms with Crippen molar-refractivity contribution >= 4 is 52.9 Å². The number of fused-ring (bicyclic) bond motifs is 1. The lowest BCUT2D eigenvalue weighted by molar-refractivity contribution is -0.118. The van der Waals surface area contributed by atoms with Crippen LogP contribution in [0.3, 0.4) is 0 Å². The molecule has 0 aliphatic carbocycles. The maximum atomic E-state index is 12.6. The topological polar surface area (TPSA) is 69.6 Å². The third-order valence-corrected chi connectivity index (χ3v) is 6.13. The number of thiazole rings is 1. The van der Waals surface area contributed by atoms with Gasteiger partial charge in [-0.1, -0.05) is 25.1 Å². The Hall–Kier alpha value is -1.68. The maximum absolute atomic E-state index is 12.6. The number of nitrogens with zero attached hydrogens (tertiary/aromatic N) is 3. The average Bonchev–Trinajstić information content (AvgIpc) is 3.37. The van der Waals surface area contributed by atoms with Crippen molar-refractivity contribution in [2.75, 3.05) is 31.1 Å². The summed E-state index contributed by atoms with van der Waals surface area (Å²) < 4.78 is 0. The van der Waals surface area contributed by atoms with Crippen molar-refractivity contribution in [3.8, 4) is 0 Å². The number of nitrogens with one attached hydrogen (secondary N) is 2. The molecule has 0 fully saturated rings. The van der Waals surface area contributed by atoms with Crippen LogP contribution >= 0.6 is 35.3 Å². The van der Waals surface area contributed by atoms with Crippen LogP contribution in [0.25, 0.3) is 0 Å². The summed E-state index contributed by atoms with van der Waals surface area (Å²) >= 11 is 1.78. The van der Waals surface area contributed by atoms with Crippen LogP contribution in [0.2, 0.25) is 0 Å². The lowest BCUT2D eigenvalue weighted by Crippen LogP contribution is -2.38. The van der Waals surface area contributed by atoms with E-state index in [0.717, 1.165) is 62.0 Å². The van der Waals surface area contributed by atoms with Gasteiger partial charge in [-0.15, -0.1) is 35.3 Å². The maximum Gasteiger partial charge on any atom is 0.227 e. The second kappa shape index (κ2) is 12.9. The van der Waals surface area contributed by atoms with Gasteiger partial charge < -0.3 is 15.5 Å². The minimum absolute atomic E-state index is 0. The Bertz CT molecular complexity index is 838. The number of rotatable bonds is 9. The molecule has 1 amide bonds. The third-order valence-electron chi connectivity index (χ3n) is 4.93. The molecule has 0 saturated carbocycles. The SMILES string of the molecule is CCNC(=NCCCC(=O)N1CCc2ccccc21)NCCc1ncc(CC)s1.I. The second-order valence-electron chi connectivity index (χ2n) is 7.04. The Kier molecular flexibility index (Phi) is 10.6. The van der Waals surface area contributed by atoms with E-state index in [4.69, 9.17) is 0 Å². The lowest BCUT2D eigenvalue weighted by Gasteiger charge is -2.17. The summed E-state index contributed by atoms with van der Waals surface area (Å²) in [5.41, 5.74) is 2.34. The number of para-hydroxylation sites is 1. The van der Waals surface area contributed by atoms with Gasteiger partial charge >= 0.3 is 0 Å². The number of aliphatic imine (C=N–C) groups is 1. The first-order valence-electron chi connectivity index (χ1n) is 10.5. The predicted molar refractivity (Wildman–Crippen MR) is 136 cm³/mol. The van der Waals surface area contributed by atoms with Gasteiger partial charge in [-0.2, -0.15) is 0 Å². The standard InChI is InChI=1S/C22H31N5OS.HI/c1-3-18-16-26-20(29-18)11-14-25-22(23-4-2)24-13-7-10-21(28)27-15-12-17-8-5-6-9-19(17)27;/h5-6,8-9,16H,3-4,7,10-15H2,1-2H3,(H2,23,24,25);1H. The highest BCUT2D eigenvalue weighted by atomic mass is 127. The fourth-order valence-electron chi connectivity index (χ4n) is 3.41. The van der Waals surface area contributed by atoms with E-state index in [1.807, 2.05) is 29.3 Å². The Morgan fingerprint density at radius 1 is 1.27 bits per heavy atom. The highest BCUT2D eigenvalue weighted by Crippen LogP contribution is 2.28. The molecule has 2 aromatic rings. The van der Waals surface area contributed by atoms with E-state index in [9.17, 15) is 4.79 Å². The summed E-state index contributed by atoms with van der Waals surface area (Å²) in [6, 6.07) is 8.18. The van der Waals surface area contributed by atoms with Gasteiger partial charge in [0.25, 0.3) is 0 Å². The van der Waals surface area contributed by atoms with Crippen LogP contribution in [-0.2, 0) is 24.1 Å². The number of anilines is 1. The largest absolute Gasteiger partial charge is 0.357 e. The van der Waals surface area contributed by atoms with Gasteiger partial charge in [0.05, 0.1) is 5.01 Å². The van der Waals surface area contributed by atoms with E-state index in [2.05, 4.69) is 40.5 Å². The molecule has 8 heteroatoms. The van der Waals surface area contributed by atoms with E-state index in [-0.39, 0.29) is 29.9 Å². The van der Waals surface area contributed by atoms with Crippen LogP contribution in [0.4, 0.5) is 5.69 Å². The molecule has 2 N–H and O–H groups in total. The number of aryl methyl sites for hydroxylation is 1. The molecule has 1 aliphatic rings. The molecule has 0 spiro atoms. The number of halogens is 1. The summed E-state index contributed by atoms with van der Waals surface area (Å²) in [4.78, 5) is 24.9. The van der Waals surface area contributed by atoms with Crippen molar-refractivity contribution in [3.05, 3.63) is 45.9 Å². The van der Waals surface area contributed by atoms with Gasteiger partial charge in [0.1, 0.15) is 0 Å². The van der Waals surface area contributed by atoms with E-state index >= 15 is 0 Å². The molecule has 0 atom stereocenters. The van der Waals surface area contributed by atoms with Crippen molar-refractivity contribution in [3.63, 3.8) is 0 Å². The molecule has 1 aromatic heterocycles. The number of amides is 1. The number of hydrogen-bond donors (Lipinski definition) is 2. The number of carbonyl (C=O) groups excluding carboxylic acids is 1. The van der Waals surface area contributed by atoms with Gasteiger partial charge in [-0.05, 0) is 37.8 Å². The average molecular weight is 542 g/mol. The van der Waals surface area contributed by atoms with Gasteiger partial charge in [0, 0.05) is 55.8 Å². The Morgan fingerprint density at radius 3 is 2.87 bits per heavy atom. The monoisotopic (exact) mass is 541 g/mol. The fourth-order valence-corrected chi connectivity index (χ4v) is 4.27. The first kappa shape index (κ1) is 24.6. The highest BCUT2D eigenvalue weighted by molar-refractivity contribution is 14.0. The molecule has 0 unspecified atom stereocenters. The van der Waals surface area contributed by atoms with Crippen molar-refractivity contribution < 1.29 is 4.79 Å².